The number of carbonyl (C=O) groups excluding carboxylic acids is 2. The fourth-order valence-electron chi connectivity index (χ4n) is 6.60. The molecule has 0 spiro atoms. The third-order valence-electron chi connectivity index (χ3n) is 9.20. The summed E-state index contributed by atoms with van der Waals surface area (Å²) in [6.45, 7) is 0.896. The molecule has 240 valence electrons. The molecule has 15 heteroatoms. The third kappa shape index (κ3) is 5.20. The molecule has 1 aliphatic heterocycles. The van der Waals surface area contributed by atoms with Crippen molar-refractivity contribution in [3.8, 4) is 0 Å². The van der Waals surface area contributed by atoms with E-state index in [0.29, 0.717) is 0 Å². The molecule has 3 aromatic rings. The Bertz CT molecular complexity index is 1670. The summed E-state index contributed by atoms with van der Waals surface area (Å²) >= 11 is 0. The Morgan fingerprint density at radius 3 is 2.40 bits per heavy atom. The number of alkyl halides is 6. The minimum Gasteiger partial charge on any atom is -0.445 e. The van der Waals surface area contributed by atoms with Gasteiger partial charge in [-0.1, -0.05) is 12.1 Å². The van der Waals surface area contributed by atoms with Gasteiger partial charge in [0.1, 0.15) is 18.8 Å². The highest BCUT2D eigenvalue weighted by Gasteiger charge is 2.69. The largest absolute Gasteiger partial charge is 0.445 e. The minimum absolute atomic E-state index is 0.0268. The van der Waals surface area contributed by atoms with Gasteiger partial charge in [-0.15, -0.1) is 10.2 Å². The van der Waals surface area contributed by atoms with Crippen molar-refractivity contribution in [1.82, 2.24) is 20.1 Å². The first-order valence-corrected chi connectivity index (χ1v) is 14.2. The molecule has 2 heterocycles. The van der Waals surface area contributed by atoms with E-state index in [1.165, 1.54) is 41.2 Å². The van der Waals surface area contributed by atoms with Gasteiger partial charge in [0.15, 0.2) is 5.60 Å². The molecular weight excluding hydrogens is 608 g/mol. The summed E-state index contributed by atoms with van der Waals surface area (Å²) < 4.78 is 90.4. The molecule has 2 N–H and O–H groups in total. The number of alkyl carbamates (subject to hydrolysis) is 1. The molecule has 0 bridgehead atoms. The van der Waals surface area contributed by atoms with Crippen LogP contribution in [0.15, 0.2) is 42.7 Å². The Morgan fingerprint density at radius 1 is 1.11 bits per heavy atom. The van der Waals surface area contributed by atoms with Crippen LogP contribution in [0.3, 0.4) is 0 Å². The topological polar surface area (TPSA) is 110 Å². The zero-order chi connectivity index (χ0) is 32.6. The van der Waals surface area contributed by atoms with Crippen LogP contribution in [0.1, 0.15) is 77.5 Å². The Morgan fingerprint density at radius 2 is 1.82 bits per heavy atom. The average molecular weight is 638 g/mol. The number of hydrogen-bond acceptors (Lipinski definition) is 6. The molecule has 2 aromatic carbocycles. The average Bonchev–Trinajstić information content (AvgIpc) is 3.50. The Balaban J connectivity index is 1.30. The number of aryl methyl sites for hydroxylation is 1. The van der Waals surface area contributed by atoms with E-state index in [1.54, 1.807) is 7.05 Å². The number of hydrogen-bond donors (Lipinski definition) is 2. The predicted octanol–water partition coefficient (Wildman–Crippen LogP) is 5.54. The maximum atomic E-state index is 14.2. The zero-order valence-electron chi connectivity index (χ0n) is 24.2. The Kier molecular flexibility index (Phi) is 6.99. The lowest BCUT2D eigenvalue weighted by Gasteiger charge is -2.53. The van der Waals surface area contributed by atoms with Crippen molar-refractivity contribution in [2.24, 2.45) is 7.05 Å². The lowest BCUT2D eigenvalue weighted by Crippen LogP contribution is -2.63. The monoisotopic (exact) mass is 637 g/mol. The third-order valence-corrected chi connectivity index (χ3v) is 9.20. The fourth-order valence-corrected chi connectivity index (χ4v) is 6.60. The lowest BCUT2D eigenvalue weighted by atomic mass is 9.55. The van der Waals surface area contributed by atoms with Crippen LogP contribution >= 0.6 is 0 Å². The van der Waals surface area contributed by atoms with Gasteiger partial charge in [-0.2, -0.15) is 26.3 Å². The molecule has 2 amide bonds. The Labute approximate surface area is 253 Å². The number of benzene rings is 2. The van der Waals surface area contributed by atoms with Gasteiger partial charge < -0.3 is 24.6 Å². The second-order valence-corrected chi connectivity index (χ2v) is 12.5. The Hall–Kier alpha value is -4.14. The number of aliphatic hydroxyl groups is 1. The van der Waals surface area contributed by atoms with Crippen molar-refractivity contribution < 1.29 is 45.8 Å². The summed E-state index contributed by atoms with van der Waals surface area (Å²) in [5, 5.41) is 20.9. The zero-order valence-corrected chi connectivity index (χ0v) is 24.2. The highest BCUT2D eigenvalue weighted by atomic mass is 19.4. The lowest BCUT2D eigenvalue weighted by molar-refractivity contribution is -0.301. The van der Waals surface area contributed by atoms with Crippen molar-refractivity contribution in [1.29, 1.82) is 0 Å². The van der Waals surface area contributed by atoms with Gasteiger partial charge in [-0.25, -0.2) is 4.79 Å². The van der Waals surface area contributed by atoms with Gasteiger partial charge in [-0.05, 0) is 67.1 Å². The first-order chi connectivity index (χ1) is 20.9. The molecule has 0 atom stereocenters. The molecule has 0 unspecified atom stereocenters. The number of anilines is 1. The van der Waals surface area contributed by atoms with E-state index in [1.807, 2.05) is 6.92 Å². The maximum absolute atomic E-state index is 14.2. The highest BCUT2D eigenvalue weighted by molar-refractivity contribution is 6.10. The van der Waals surface area contributed by atoms with Crippen molar-refractivity contribution in [2.45, 2.75) is 81.1 Å². The van der Waals surface area contributed by atoms with Crippen LogP contribution in [0.5, 0.6) is 0 Å². The number of amides is 2. The summed E-state index contributed by atoms with van der Waals surface area (Å²) in [4.78, 5) is 27.0. The predicted molar refractivity (Wildman–Crippen MR) is 146 cm³/mol. The summed E-state index contributed by atoms with van der Waals surface area (Å²) in [5.41, 5.74) is -5.98. The van der Waals surface area contributed by atoms with Gasteiger partial charge in [-0.3, -0.25) is 4.79 Å². The molecule has 0 radical (unpaired) electrons. The van der Waals surface area contributed by atoms with E-state index in [2.05, 4.69) is 15.5 Å². The smallest absolute Gasteiger partial charge is 0.417 e. The maximum Gasteiger partial charge on any atom is 0.417 e. The van der Waals surface area contributed by atoms with Gasteiger partial charge in [0.25, 0.3) is 5.91 Å². The van der Waals surface area contributed by atoms with Gasteiger partial charge >= 0.3 is 18.4 Å². The number of fused-ring (bicyclic) bond motifs is 1. The molecular formula is C30H29F6N5O4. The molecule has 2 fully saturated rings. The number of halogens is 6. The number of nitrogens with one attached hydrogen (secondary N) is 1. The van der Waals surface area contributed by atoms with Crippen molar-refractivity contribution in [3.05, 3.63) is 76.4 Å². The number of nitrogens with zero attached hydrogens (tertiary/aromatic N) is 4. The van der Waals surface area contributed by atoms with Gasteiger partial charge in [0.05, 0.1) is 17.5 Å². The molecule has 3 aliphatic rings. The molecule has 6 rings (SSSR count). The first kappa shape index (κ1) is 30.9. The molecule has 0 saturated heterocycles. The van der Waals surface area contributed by atoms with E-state index in [-0.39, 0.29) is 33.8 Å². The van der Waals surface area contributed by atoms with Crippen molar-refractivity contribution in [2.75, 3.05) is 4.90 Å². The van der Waals surface area contributed by atoms with Crippen LogP contribution in [-0.4, -0.2) is 49.2 Å². The standard InChI is InChI=1S/C30H29F6N5O4/c1-26(7-4-8-26)38-25(43)45-13-17-9-20-21(22(10-17)29(31,32)33)12-41(23(20)42)19-6-3-5-18(11-19)27(24-39-37-16-40(24)2)14-28(44,15-27)30(34,35)36/h3,5-6,9-11,16,44H,4,7-8,12-15H2,1-2H3,(H,38,43). The van der Waals surface area contributed by atoms with Crippen LogP contribution in [0.4, 0.5) is 36.8 Å². The summed E-state index contributed by atoms with van der Waals surface area (Å²) in [5.74, 6) is -0.599. The highest BCUT2D eigenvalue weighted by Crippen LogP contribution is 2.59. The summed E-state index contributed by atoms with van der Waals surface area (Å²) in [7, 11) is 1.55. The molecule has 45 heavy (non-hydrogen) atoms. The fraction of sp³-hybridized carbons (Fsp3) is 0.467. The summed E-state index contributed by atoms with van der Waals surface area (Å²) in [6, 6.07) is 8.00. The van der Waals surface area contributed by atoms with Crippen molar-refractivity contribution in [3.63, 3.8) is 0 Å². The summed E-state index contributed by atoms with van der Waals surface area (Å²) in [6.07, 6.45) is -8.28. The quantitative estimate of drug-likeness (QED) is 0.344. The molecule has 2 saturated carbocycles. The molecule has 9 nitrogen and oxygen atoms in total. The SMILES string of the molecule is Cn1cnnc1C1(c2cccc(N3Cc4c(cc(COC(=O)NC5(C)CCC5)cc4C(F)(F)F)C3=O)c2)CC(O)(C(F)(F)F)C1. The van der Waals surface area contributed by atoms with Crippen LogP contribution in [0, 0.1) is 0 Å². The van der Waals surface area contributed by atoms with Crippen LogP contribution in [0.25, 0.3) is 0 Å². The second kappa shape index (κ2) is 10.2. The molecule has 1 aromatic heterocycles. The van der Waals surface area contributed by atoms with E-state index in [0.717, 1.165) is 30.2 Å². The minimum atomic E-state index is -4.91. The number of rotatable bonds is 6. The van der Waals surface area contributed by atoms with Crippen LogP contribution in [-0.2, 0) is 36.5 Å². The van der Waals surface area contributed by atoms with Crippen LogP contribution in [0.2, 0.25) is 0 Å². The van der Waals surface area contributed by atoms with Gasteiger partial charge in [0, 0.05) is 36.7 Å². The number of ether oxygens (including phenoxy) is 1. The van der Waals surface area contributed by atoms with Gasteiger partial charge in [0.2, 0.25) is 0 Å². The first-order valence-electron chi connectivity index (χ1n) is 14.2. The van der Waals surface area contributed by atoms with E-state index < -0.39 is 72.5 Å². The molecule has 2 aliphatic carbocycles. The number of aromatic nitrogens is 3. The van der Waals surface area contributed by atoms with E-state index in [9.17, 15) is 41.0 Å². The van der Waals surface area contributed by atoms with E-state index in [4.69, 9.17) is 4.74 Å². The number of carbonyl (C=O) groups is 2. The van der Waals surface area contributed by atoms with E-state index >= 15 is 0 Å². The van der Waals surface area contributed by atoms with Crippen molar-refractivity contribution >= 4 is 17.7 Å². The van der Waals surface area contributed by atoms with Crippen LogP contribution < -0.4 is 10.2 Å². The second-order valence-electron chi connectivity index (χ2n) is 12.5. The normalized spacial score (nSPS) is 24.1.